The number of piperidine rings is 1. The maximum absolute atomic E-state index is 13.0. The number of carbonyl (C=O) groups excluding carboxylic acids is 2. The van der Waals surface area contributed by atoms with Crippen LogP contribution in [0.15, 0.2) is 22.8 Å². The van der Waals surface area contributed by atoms with Gasteiger partial charge in [-0.25, -0.2) is 4.98 Å². The predicted octanol–water partition coefficient (Wildman–Crippen LogP) is 2.66. The zero-order valence-corrected chi connectivity index (χ0v) is 15.8. The average Bonchev–Trinajstić information content (AvgIpc) is 2.61. The van der Waals surface area contributed by atoms with Crippen LogP contribution in [0.5, 0.6) is 0 Å². The molecule has 0 bridgehead atoms. The molecule has 25 heavy (non-hydrogen) atoms. The van der Waals surface area contributed by atoms with Crippen LogP contribution in [0, 0.1) is 5.92 Å². The molecule has 2 aliphatic heterocycles. The summed E-state index contributed by atoms with van der Waals surface area (Å²) in [7, 11) is 0. The number of rotatable bonds is 5. The first-order chi connectivity index (χ1) is 12.1. The largest absolute Gasteiger partial charge is 0.381 e. The number of carbonyl (C=O) groups is 2. The summed E-state index contributed by atoms with van der Waals surface area (Å²) in [4.78, 5) is 30.7. The number of hydrogen-bond acceptors (Lipinski definition) is 4. The second-order valence-electron chi connectivity index (χ2n) is 6.76. The Morgan fingerprint density at radius 3 is 2.80 bits per heavy atom. The Kier molecular flexibility index (Phi) is 6.42. The monoisotopic (exact) mass is 409 g/mol. The van der Waals surface area contributed by atoms with Crippen LogP contribution in [0.4, 0.5) is 5.82 Å². The Morgan fingerprint density at radius 1 is 1.32 bits per heavy atom. The van der Waals surface area contributed by atoms with E-state index in [-0.39, 0.29) is 17.9 Å². The standard InChI is InChI=1S/C18H24BrN3O3/c19-14-4-5-16(20-11-14)22(12-13-6-8-25-9-7-13)18(24)10-15-2-1-3-17(23)21-15/h4-5,11,13,15H,1-3,6-10,12H2,(H,21,23). The summed E-state index contributed by atoms with van der Waals surface area (Å²) in [6.45, 7) is 2.15. The highest BCUT2D eigenvalue weighted by molar-refractivity contribution is 9.10. The second kappa shape index (κ2) is 8.76. The van der Waals surface area contributed by atoms with Crippen LogP contribution < -0.4 is 10.2 Å². The molecule has 1 atom stereocenters. The molecule has 1 aromatic heterocycles. The first-order valence-corrected chi connectivity index (χ1v) is 9.70. The molecule has 0 aliphatic carbocycles. The number of halogens is 1. The molecule has 6 nitrogen and oxygen atoms in total. The number of nitrogens with zero attached hydrogens (tertiary/aromatic N) is 2. The summed E-state index contributed by atoms with van der Waals surface area (Å²) < 4.78 is 6.31. The summed E-state index contributed by atoms with van der Waals surface area (Å²) in [5.41, 5.74) is 0. The number of aromatic nitrogens is 1. The first kappa shape index (κ1) is 18.3. The van der Waals surface area contributed by atoms with E-state index in [0.29, 0.717) is 31.1 Å². The van der Waals surface area contributed by atoms with Gasteiger partial charge in [0.25, 0.3) is 0 Å². The number of hydrogen-bond donors (Lipinski definition) is 1. The highest BCUT2D eigenvalue weighted by Gasteiger charge is 2.27. The highest BCUT2D eigenvalue weighted by Crippen LogP contribution is 2.23. The predicted molar refractivity (Wildman–Crippen MR) is 98.2 cm³/mol. The zero-order chi connectivity index (χ0) is 17.6. The first-order valence-electron chi connectivity index (χ1n) is 8.91. The molecule has 3 rings (SSSR count). The van der Waals surface area contributed by atoms with Crippen molar-refractivity contribution in [1.29, 1.82) is 0 Å². The van der Waals surface area contributed by atoms with Crippen LogP contribution in [0.1, 0.15) is 38.5 Å². The van der Waals surface area contributed by atoms with Crippen LogP contribution in [0.25, 0.3) is 0 Å². The molecule has 136 valence electrons. The Hall–Kier alpha value is -1.47. The van der Waals surface area contributed by atoms with Crippen LogP contribution in [0.2, 0.25) is 0 Å². The summed E-state index contributed by atoms with van der Waals surface area (Å²) >= 11 is 3.39. The molecule has 0 radical (unpaired) electrons. The number of amides is 2. The minimum atomic E-state index is -0.0682. The van der Waals surface area contributed by atoms with Crippen molar-refractivity contribution < 1.29 is 14.3 Å². The Bertz CT molecular complexity index is 602. The van der Waals surface area contributed by atoms with E-state index in [0.717, 1.165) is 43.4 Å². The lowest BCUT2D eigenvalue weighted by Crippen LogP contribution is -2.44. The van der Waals surface area contributed by atoms with Crippen LogP contribution in [0.3, 0.4) is 0 Å². The lowest BCUT2D eigenvalue weighted by Gasteiger charge is -2.31. The minimum absolute atomic E-state index is 0.0218. The van der Waals surface area contributed by atoms with E-state index >= 15 is 0 Å². The molecule has 1 N–H and O–H groups in total. The highest BCUT2D eigenvalue weighted by atomic mass is 79.9. The maximum atomic E-state index is 13.0. The van der Waals surface area contributed by atoms with Crippen molar-refractivity contribution in [2.45, 2.75) is 44.6 Å². The summed E-state index contributed by atoms with van der Waals surface area (Å²) in [5.74, 6) is 1.15. The number of pyridine rings is 1. The van der Waals surface area contributed by atoms with Crippen molar-refractivity contribution in [3.63, 3.8) is 0 Å². The van der Waals surface area contributed by atoms with E-state index in [1.54, 1.807) is 11.1 Å². The molecule has 2 saturated heterocycles. The van der Waals surface area contributed by atoms with Gasteiger partial charge in [-0.1, -0.05) is 0 Å². The van der Waals surface area contributed by atoms with Gasteiger partial charge in [0.2, 0.25) is 11.8 Å². The molecule has 7 heteroatoms. The summed E-state index contributed by atoms with van der Waals surface area (Å²) in [6, 6.07) is 3.69. The molecule has 2 fully saturated rings. The molecule has 2 amide bonds. The second-order valence-corrected chi connectivity index (χ2v) is 7.67. The fourth-order valence-corrected chi connectivity index (χ4v) is 3.63. The molecule has 0 spiro atoms. The van der Waals surface area contributed by atoms with Crippen LogP contribution in [-0.2, 0) is 14.3 Å². The van der Waals surface area contributed by atoms with E-state index in [1.807, 2.05) is 12.1 Å². The fourth-order valence-electron chi connectivity index (χ4n) is 3.39. The van der Waals surface area contributed by atoms with Crippen LogP contribution in [-0.4, -0.2) is 42.6 Å². The van der Waals surface area contributed by atoms with E-state index in [4.69, 9.17) is 4.74 Å². The van der Waals surface area contributed by atoms with Crippen molar-refractivity contribution in [3.05, 3.63) is 22.8 Å². The Balaban J connectivity index is 1.70. The lowest BCUT2D eigenvalue weighted by molar-refractivity contribution is -0.124. The number of ether oxygens (including phenoxy) is 1. The fraction of sp³-hybridized carbons (Fsp3) is 0.611. The van der Waals surface area contributed by atoms with Gasteiger partial charge >= 0.3 is 0 Å². The Morgan fingerprint density at radius 2 is 2.12 bits per heavy atom. The quantitative estimate of drug-likeness (QED) is 0.811. The third kappa shape index (κ3) is 5.25. The van der Waals surface area contributed by atoms with Gasteiger partial charge in [-0.05, 0) is 59.7 Å². The molecule has 3 heterocycles. The van der Waals surface area contributed by atoms with Gasteiger partial charge in [0.15, 0.2) is 0 Å². The van der Waals surface area contributed by atoms with E-state index < -0.39 is 0 Å². The summed E-state index contributed by atoms with van der Waals surface area (Å²) in [5, 5.41) is 2.93. The van der Waals surface area contributed by atoms with Gasteiger partial charge in [0.1, 0.15) is 5.82 Å². The lowest BCUT2D eigenvalue weighted by atomic mass is 9.98. The third-order valence-electron chi connectivity index (χ3n) is 4.81. The van der Waals surface area contributed by atoms with Gasteiger partial charge in [0.05, 0.1) is 0 Å². The molecular formula is C18H24BrN3O3. The van der Waals surface area contributed by atoms with E-state index in [1.165, 1.54) is 0 Å². The van der Waals surface area contributed by atoms with Crippen molar-refractivity contribution in [3.8, 4) is 0 Å². The smallest absolute Gasteiger partial charge is 0.230 e. The van der Waals surface area contributed by atoms with Gasteiger partial charge < -0.3 is 10.1 Å². The number of nitrogens with one attached hydrogen (secondary N) is 1. The molecular weight excluding hydrogens is 386 g/mol. The Labute approximate surface area is 156 Å². The zero-order valence-electron chi connectivity index (χ0n) is 14.2. The van der Waals surface area contributed by atoms with E-state index in [9.17, 15) is 9.59 Å². The molecule has 0 aromatic carbocycles. The average molecular weight is 410 g/mol. The SMILES string of the molecule is O=C1CCCC(CC(=O)N(CC2CCOCC2)c2ccc(Br)cn2)N1. The third-order valence-corrected chi connectivity index (χ3v) is 5.28. The van der Waals surface area contributed by atoms with Crippen molar-refractivity contribution in [2.75, 3.05) is 24.7 Å². The molecule has 1 aromatic rings. The normalized spacial score (nSPS) is 21.6. The van der Waals surface area contributed by atoms with Gasteiger partial charge in [-0.3, -0.25) is 14.5 Å². The minimum Gasteiger partial charge on any atom is -0.381 e. The van der Waals surface area contributed by atoms with Gasteiger partial charge in [-0.2, -0.15) is 0 Å². The van der Waals surface area contributed by atoms with Crippen LogP contribution >= 0.6 is 15.9 Å². The maximum Gasteiger partial charge on any atom is 0.230 e. The van der Waals surface area contributed by atoms with Crippen molar-refractivity contribution in [2.24, 2.45) is 5.92 Å². The molecule has 1 unspecified atom stereocenters. The van der Waals surface area contributed by atoms with Gasteiger partial charge in [0, 0.05) is 49.3 Å². The van der Waals surface area contributed by atoms with E-state index in [2.05, 4.69) is 26.2 Å². The number of anilines is 1. The topological polar surface area (TPSA) is 71.5 Å². The van der Waals surface area contributed by atoms with Crippen molar-refractivity contribution in [1.82, 2.24) is 10.3 Å². The van der Waals surface area contributed by atoms with Gasteiger partial charge in [-0.15, -0.1) is 0 Å². The molecule has 2 aliphatic rings. The van der Waals surface area contributed by atoms with Crippen molar-refractivity contribution >= 4 is 33.6 Å². The summed E-state index contributed by atoms with van der Waals surface area (Å²) in [6.07, 6.45) is 6.22. The molecule has 0 saturated carbocycles.